The molecule has 132 valence electrons. The first-order chi connectivity index (χ1) is 12.4. The zero-order valence-electron chi connectivity index (χ0n) is 14.4. The summed E-state index contributed by atoms with van der Waals surface area (Å²) in [4.78, 5) is 22.8. The molecule has 3 aromatic carbocycles. The Morgan fingerprint density at radius 1 is 1.08 bits per heavy atom. The van der Waals surface area contributed by atoms with Crippen molar-refractivity contribution in [3.63, 3.8) is 0 Å². The summed E-state index contributed by atoms with van der Waals surface area (Å²) >= 11 is 0. The molecule has 0 unspecified atom stereocenters. The fourth-order valence-electron chi connectivity index (χ4n) is 2.59. The van der Waals surface area contributed by atoms with Gasteiger partial charge in [0.05, 0.1) is 10.6 Å². The molecule has 0 bridgehead atoms. The van der Waals surface area contributed by atoms with Gasteiger partial charge in [-0.15, -0.1) is 0 Å². The highest BCUT2D eigenvalue weighted by Gasteiger charge is 2.17. The van der Waals surface area contributed by atoms with E-state index in [1.165, 1.54) is 12.1 Å². The minimum absolute atomic E-state index is 0.0750. The summed E-state index contributed by atoms with van der Waals surface area (Å²) in [5, 5.41) is 15.7. The Hall–Kier alpha value is -3.41. The van der Waals surface area contributed by atoms with Crippen LogP contribution in [0.25, 0.3) is 10.8 Å². The van der Waals surface area contributed by atoms with E-state index in [0.717, 1.165) is 16.3 Å². The molecule has 0 fully saturated rings. The molecule has 0 saturated heterocycles. The van der Waals surface area contributed by atoms with Crippen molar-refractivity contribution in [2.45, 2.75) is 20.0 Å². The largest absolute Gasteiger partial charge is 0.481 e. The van der Waals surface area contributed by atoms with Crippen LogP contribution in [0.2, 0.25) is 0 Å². The van der Waals surface area contributed by atoms with Gasteiger partial charge < -0.3 is 10.1 Å². The standard InChI is InChI=1S/C20H18N2O4/c1-13-7-9-17(22(24)25)12-19(13)21-20(23)14(2)26-18-10-8-15-5-3-4-6-16(15)11-18/h3-12,14H,1-2H3,(H,21,23)/t14-/m1/s1. The third kappa shape index (κ3) is 3.80. The Balaban J connectivity index is 1.73. The first-order valence-corrected chi connectivity index (χ1v) is 8.15. The Kier molecular flexibility index (Phi) is 4.84. The number of nitrogens with zero attached hydrogens (tertiary/aromatic N) is 1. The van der Waals surface area contributed by atoms with Crippen molar-refractivity contribution >= 4 is 28.1 Å². The number of rotatable bonds is 5. The Labute approximate surface area is 150 Å². The zero-order chi connectivity index (χ0) is 18.7. The topological polar surface area (TPSA) is 81.5 Å². The van der Waals surface area contributed by atoms with Crippen LogP contribution in [-0.4, -0.2) is 16.9 Å². The first kappa shape index (κ1) is 17.4. The van der Waals surface area contributed by atoms with Gasteiger partial charge >= 0.3 is 0 Å². The quantitative estimate of drug-likeness (QED) is 0.544. The average Bonchev–Trinajstić information content (AvgIpc) is 2.63. The number of aryl methyl sites for hydroxylation is 1. The van der Waals surface area contributed by atoms with Crippen molar-refractivity contribution in [3.8, 4) is 5.75 Å². The molecule has 6 heteroatoms. The van der Waals surface area contributed by atoms with Gasteiger partial charge in [0.1, 0.15) is 5.75 Å². The van der Waals surface area contributed by atoms with Gasteiger partial charge in [-0.2, -0.15) is 0 Å². The van der Waals surface area contributed by atoms with Crippen LogP contribution in [0.1, 0.15) is 12.5 Å². The second kappa shape index (κ2) is 7.23. The maximum atomic E-state index is 12.4. The summed E-state index contributed by atoms with van der Waals surface area (Å²) in [5.41, 5.74) is 1.06. The van der Waals surface area contributed by atoms with Crippen molar-refractivity contribution in [1.82, 2.24) is 0 Å². The molecule has 0 saturated carbocycles. The number of ether oxygens (including phenoxy) is 1. The summed E-state index contributed by atoms with van der Waals surface area (Å²) in [6.07, 6.45) is -0.755. The van der Waals surface area contributed by atoms with Crippen LogP contribution in [-0.2, 0) is 4.79 Å². The van der Waals surface area contributed by atoms with Gasteiger partial charge in [-0.25, -0.2) is 0 Å². The third-order valence-corrected chi connectivity index (χ3v) is 4.09. The molecule has 3 rings (SSSR count). The number of hydrogen-bond acceptors (Lipinski definition) is 4. The van der Waals surface area contributed by atoms with Crippen LogP contribution < -0.4 is 10.1 Å². The number of nitro benzene ring substituents is 1. The lowest BCUT2D eigenvalue weighted by molar-refractivity contribution is -0.384. The lowest BCUT2D eigenvalue weighted by Crippen LogP contribution is -2.30. The van der Waals surface area contributed by atoms with Gasteiger partial charge in [-0.05, 0) is 42.3 Å². The predicted molar refractivity (Wildman–Crippen MR) is 101 cm³/mol. The minimum Gasteiger partial charge on any atom is -0.481 e. The SMILES string of the molecule is Cc1ccc([N+](=O)[O-])cc1NC(=O)[C@@H](C)Oc1ccc2ccccc2c1. The number of nitrogens with one attached hydrogen (secondary N) is 1. The number of amides is 1. The average molecular weight is 350 g/mol. The van der Waals surface area contributed by atoms with Gasteiger partial charge in [0, 0.05) is 12.1 Å². The molecule has 0 heterocycles. The van der Waals surface area contributed by atoms with Crippen LogP contribution in [0.4, 0.5) is 11.4 Å². The lowest BCUT2D eigenvalue weighted by Gasteiger charge is -2.16. The molecule has 1 N–H and O–H groups in total. The van der Waals surface area contributed by atoms with Gasteiger partial charge in [-0.3, -0.25) is 14.9 Å². The fourth-order valence-corrected chi connectivity index (χ4v) is 2.59. The van der Waals surface area contributed by atoms with E-state index in [4.69, 9.17) is 4.74 Å². The highest BCUT2D eigenvalue weighted by Crippen LogP contribution is 2.24. The van der Waals surface area contributed by atoms with E-state index in [0.29, 0.717) is 11.4 Å². The highest BCUT2D eigenvalue weighted by atomic mass is 16.6. The molecule has 0 radical (unpaired) electrons. The second-order valence-corrected chi connectivity index (χ2v) is 6.01. The normalized spacial score (nSPS) is 11.8. The van der Waals surface area contributed by atoms with Crippen molar-refractivity contribution in [3.05, 3.63) is 76.3 Å². The maximum absolute atomic E-state index is 12.4. The van der Waals surface area contributed by atoms with Crippen molar-refractivity contribution in [2.75, 3.05) is 5.32 Å². The first-order valence-electron chi connectivity index (χ1n) is 8.15. The Morgan fingerprint density at radius 2 is 1.81 bits per heavy atom. The lowest BCUT2D eigenvalue weighted by atomic mass is 10.1. The summed E-state index contributed by atoms with van der Waals surface area (Å²) in [5.74, 6) is 0.212. The third-order valence-electron chi connectivity index (χ3n) is 4.09. The van der Waals surface area contributed by atoms with Crippen molar-refractivity contribution in [1.29, 1.82) is 0 Å². The number of hydrogen-bond donors (Lipinski definition) is 1. The number of non-ortho nitro benzene ring substituents is 1. The van der Waals surface area contributed by atoms with Crippen LogP contribution in [0.3, 0.4) is 0 Å². The molecule has 26 heavy (non-hydrogen) atoms. The predicted octanol–water partition coefficient (Wildman–Crippen LogP) is 4.46. The number of carbonyl (C=O) groups is 1. The second-order valence-electron chi connectivity index (χ2n) is 6.01. The number of fused-ring (bicyclic) bond motifs is 1. The zero-order valence-corrected chi connectivity index (χ0v) is 14.4. The van der Waals surface area contributed by atoms with E-state index in [1.807, 2.05) is 42.5 Å². The van der Waals surface area contributed by atoms with Crippen LogP contribution in [0.15, 0.2) is 60.7 Å². The summed E-state index contributed by atoms with van der Waals surface area (Å²) in [6, 6.07) is 17.8. The van der Waals surface area contributed by atoms with E-state index >= 15 is 0 Å². The molecular formula is C20H18N2O4. The molecule has 3 aromatic rings. The van der Waals surface area contributed by atoms with Crippen molar-refractivity contribution in [2.24, 2.45) is 0 Å². The van der Waals surface area contributed by atoms with E-state index in [9.17, 15) is 14.9 Å². The molecule has 6 nitrogen and oxygen atoms in total. The molecule has 1 amide bonds. The van der Waals surface area contributed by atoms with Gasteiger partial charge in [-0.1, -0.05) is 36.4 Å². The van der Waals surface area contributed by atoms with E-state index in [1.54, 1.807) is 19.9 Å². The molecule has 0 aromatic heterocycles. The van der Waals surface area contributed by atoms with E-state index < -0.39 is 11.0 Å². The minimum atomic E-state index is -0.755. The van der Waals surface area contributed by atoms with E-state index in [-0.39, 0.29) is 11.6 Å². The number of nitro groups is 1. The van der Waals surface area contributed by atoms with Crippen molar-refractivity contribution < 1.29 is 14.5 Å². The summed E-state index contributed by atoms with van der Waals surface area (Å²) < 4.78 is 5.73. The van der Waals surface area contributed by atoms with Crippen LogP contribution >= 0.6 is 0 Å². The molecular weight excluding hydrogens is 332 g/mol. The number of anilines is 1. The Bertz CT molecular complexity index is 984. The van der Waals surface area contributed by atoms with Crippen LogP contribution in [0.5, 0.6) is 5.75 Å². The maximum Gasteiger partial charge on any atom is 0.271 e. The highest BCUT2D eigenvalue weighted by molar-refractivity contribution is 5.95. The summed E-state index contributed by atoms with van der Waals surface area (Å²) in [7, 11) is 0. The summed E-state index contributed by atoms with van der Waals surface area (Å²) in [6.45, 7) is 3.41. The smallest absolute Gasteiger partial charge is 0.271 e. The molecule has 0 aliphatic heterocycles. The number of benzene rings is 3. The Morgan fingerprint density at radius 3 is 2.54 bits per heavy atom. The molecule has 0 aliphatic rings. The van der Waals surface area contributed by atoms with Crippen LogP contribution in [0, 0.1) is 17.0 Å². The van der Waals surface area contributed by atoms with Gasteiger partial charge in [0.15, 0.2) is 6.10 Å². The molecule has 1 atom stereocenters. The van der Waals surface area contributed by atoms with Gasteiger partial charge in [0.2, 0.25) is 0 Å². The molecule has 0 aliphatic carbocycles. The number of carbonyl (C=O) groups excluding carboxylic acids is 1. The molecule has 0 spiro atoms. The van der Waals surface area contributed by atoms with E-state index in [2.05, 4.69) is 5.32 Å². The van der Waals surface area contributed by atoms with Gasteiger partial charge in [0.25, 0.3) is 11.6 Å². The monoisotopic (exact) mass is 350 g/mol. The fraction of sp³-hybridized carbons (Fsp3) is 0.150.